The molecule has 0 aromatic heterocycles. The smallest absolute Gasteiger partial charge is 0.320 e. The third kappa shape index (κ3) is 4.61. The SMILES string of the molecule is COC(=O)CS(=O)(=O)C(C)C(=O)Nc1ccc(Cl)cc1N. The van der Waals surface area contributed by atoms with E-state index in [-0.39, 0.29) is 11.4 Å². The lowest BCUT2D eigenvalue weighted by molar-refractivity contribution is -0.137. The highest BCUT2D eigenvalue weighted by molar-refractivity contribution is 7.93. The Morgan fingerprint density at radius 3 is 2.57 bits per heavy atom. The number of esters is 1. The normalized spacial score (nSPS) is 12.5. The van der Waals surface area contributed by atoms with Gasteiger partial charge in [0.2, 0.25) is 5.91 Å². The average Bonchev–Trinajstić information content (AvgIpc) is 2.40. The molecule has 1 unspecified atom stereocenters. The first-order chi connectivity index (χ1) is 9.67. The minimum Gasteiger partial charge on any atom is -0.468 e. The number of amides is 1. The van der Waals surface area contributed by atoms with Crippen molar-refractivity contribution in [3.63, 3.8) is 0 Å². The van der Waals surface area contributed by atoms with Crippen LogP contribution >= 0.6 is 11.6 Å². The maximum absolute atomic E-state index is 11.9. The van der Waals surface area contributed by atoms with E-state index in [1.807, 2.05) is 0 Å². The van der Waals surface area contributed by atoms with Crippen LogP contribution in [0, 0.1) is 0 Å². The van der Waals surface area contributed by atoms with E-state index in [1.54, 1.807) is 0 Å². The molecule has 0 aliphatic rings. The van der Waals surface area contributed by atoms with Gasteiger partial charge in [-0.3, -0.25) is 9.59 Å². The Hall–Kier alpha value is -1.80. The van der Waals surface area contributed by atoms with Gasteiger partial charge in [-0.2, -0.15) is 0 Å². The predicted molar refractivity (Wildman–Crippen MR) is 79.8 cm³/mol. The standard InChI is InChI=1S/C12H15ClN2O5S/c1-7(21(18,19)6-11(16)20-2)12(17)15-10-4-3-8(13)5-9(10)14/h3-5,7H,6,14H2,1-2H3,(H,15,17). The predicted octanol–water partition coefficient (Wildman–Crippen LogP) is 0.837. The van der Waals surface area contributed by atoms with Gasteiger partial charge in [-0.25, -0.2) is 8.42 Å². The lowest BCUT2D eigenvalue weighted by Gasteiger charge is -2.14. The first kappa shape index (κ1) is 17.3. The van der Waals surface area contributed by atoms with E-state index >= 15 is 0 Å². The van der Waals surface area contributed by atoms with E-state index in [0.717, 1.165) is 7.11 Å². The van der Waals surface area contributed by atoms with Gasteiger partial charge in [-0.05, 0) is 25.1 Å². The fraction of sp³-hybridized carbons (Fsp3) is 0.333. The summed E-state index contributed by atoms with van der Waals surface area (Å²) in [6.45, 7) is 1.18. The second kappa shape index (κ2) is 6.77. The molecule has 0 heterocycles. The number of carbonyl (C=O) groups excluding carboxylic acids is 2. The van der Waals surface area contributed by atoms with Crippen molar-refractivity contribution in [3.8, 4) is 0 Å². The van der Waals surface area contributed by atoms with Crippen LogP contribution in [0.15, 0.2) is 18.2 Å². The van der Waals surface area contributed by atoms with Gasteiger partial charge in [0.05, 0.1) is 18.5 Å². The zero-order valence-electron chi connectivity index (χ0n) is 11.4. The molecule has 1 aromatic carbocycles. The number of sulfone groups is 1. The molecule has 0 bridgehead atoms. The Balaban J connectivity index is 2.86. The van der Waals surface area contributed by atoms with Crippen LogP contribution < -0.4 is 11.1 Å². The number of halogens is 1. The van der Waals surface area contributed by atoms with Crippen molar-refractivity contribution in [1.29, 1.82) is 0 Å². The van der Waals surface area contributed by atoms with Gasteiger partial charge in [-0.1, -0.05) is 11.6 Å². The van der Waals surface area contributed by atoms with E-state index in [9.17, 15) is 18.0 Å². The molecule has 0 saturated carbocycles. The van der Waals surface area contributed by atoms with E-state index in [2.05, 4.69) is 10.1 Å². The van der Waals surface area contributed by atoms with Gasteiger partial charge < -0.3 is 15.8 Å². The Kier molecular flexibility index (Phi) is 5.56. The number of nitrogens with two attached hydrogens (primary N) is 1. The van der Waals surface area contributed by atoms with E-state index in [4.69, 9.17) is 17.3 Å². The summed E-state index contributed by atoms with van der Waals surface area (Å²) in [5, 5.41) is 1.34. The molecule has 1 amide bonds. The summed E-state index contributed by atoms with van der Waals surface area (Å²) in [4.78, 5) is 23.0. The quantitative estimate of drug-likeness (QED) is 0.609. The van der Waals surface area contributed by atoms with Crippen LogP contribution in [0.5, 0.6) is 0 Å². The van der Waals surface area contributed by atoms with Crippen molar-refractivity contribution in [2.24, 2.45) is 0 Å². The molecule has 1 atom stereocenters. The van der Waals surface area contributed by atoms with Gasteiger partial charge in [0.1, 0.15) is 11.0 Å². The van der Waals surface area contributed by atoms with Crippen LogP contribution in [-0.4, -0.2) is 38.4 Å². The fourth-order valence-electron chi connectivity index (χ4n) is 1.39. The lowest BCUT2D eigenvalue weighted by Crippen LogP contribution is -2.36. The number of anilines is 2. The minimum absolute atomic E-state index is 0.202. The third-order valence-corrected chi connectivity index (χ3v) is 4.89. The number of ether oxygens (including phenoxy) is 1. The minimum atomic E-state index is -3.97. The van der Waals surface area contributed by atoms with Crippen LogP contribution in [0.1, 0.15) is 6.92 Å². The number of nitrogen functional groups attached to an aromatic ring is 1. The molecule has 9 heteroatoms. The van der Waals surface area contributed by atoms with E-state index in [0.29, 0.717) is 5.02 Å². The fourth-order valence-corrected chi connectivity index (χ4v) is 2.66. The van der Waals surface area contributed by atoms with Gasteiger partial charge in [0.25, 0.3) is 0 Å². The van der Waals surface area contributed by atoms with E-state index in [1.165, 1.54) is 25.1 Å². The van der Waals surface area contributed by atoms with Gasteiger partial charge in [0, 0.05) is 5.02 Å². The number of nitrogens with one attached hydrogen (secondary N) is 1. The molecule has 116 valence electrons. The highest BCUT2D eigenvalue weighted by Gasteiger charge is 2.30. The van der Waals surface area contributed by atoms with Crippen molar-refractivity contribution in [3.05, 3.63) is 23.2 Å². The molecular formula is C12H15ClN2O5S. The number of hydrogen-bond acceptors (Lipinski definition) is 6. The molecular weight excluding hydrogens is 320 g/mol. The average molecular weight is 335 g/mol. The highest BCUT2D eigenvalue weighted by atomic mass is 35.5. The molecule has 0 saturated heterocycles. The summed E-state index contributed by atoms with van der Waals surface area (Å²) in [6, 6.07) is 4.38. The summed E-state index contributed by atoms with van der Waals surface area (Å²) >= 11 is 5.72. The highest BCUT2D eigenvalue weighted by Crippen LogP contribution is 2.23. The summed E-state index contributed by atoms with van der Waals surface area (Å²) in [6.07, 6.45) is 0. The Labute approximate surface area is 127 Å². The number of hydrogen-bond donors (Lipinski definition) is 2. The number of benzene rings is 1. The summed E-state index contributed by atoms with van der Waals surface area (Å²) in [5.41, 5.74) is 6.10. The molecule has 0 aliphatic heterocycles. The Morgan fingerprint density at radius 1 is 1.43 bits per heavy atom. The lowest BCUT2D eigenvalue weighted by atomic mass is 10.2. The van der Waals surface area contributed by atoms with Crippen LogP contribution in [0.2, 0.25) is 5.02 Å². The summed E-state index contributed by atoms with van der Waals surface area (Å²) in [5.74, 6) is -2.60. The largest absolute Gasteiger partial charge is 0.468 e. The number of methoxy groups -OCH3 is 1. The Morgan fingerprint density at radius 2 is 2.05 bits per heavy atom. The van der Waals surface area contributed by atoms with Crippen molar-refractivity contribution in [2.75, 3.05) is 23.9 Å². The molecule has 0 fully saturated rings. The topological polar surface area (TPSA) is 116 Å². The van der Waals surface area contributed by atoms with Gasteiger partial charge >= 0.3 is 5.97 Å². The molecule has 1 aromatic rings. The first-order valence-electron chi connectivity index (χ1n) is 5.81. The Bertz CT molecular complexity index is 660. The van der Waals surface area contributed by atoms with Gasteiger partial charge in [0.15, 0.2) is 9.84 Å². The number of carbonyl (C=O) groups is 2. The van der Waals surface area contributed by atoms with Crippen LogP contribution in [0.25, 0.3) is 0 Å². The van der Waals surface area contributed by atoms with E-state index < -0.39 is 32.7 Å². The van der Waals surface area contributed by atoms with Crippen molar-refractivity contribution < 1.29 is 22.7 Å². The molecule has 21 heavy (non-hydrogen) atoms. The second-order valence-electron chi connectivity index (χ2n) is 4.25. The molecule has 0 spiro atoms. The molecule has 0 radical (unpaired) electrons. The maximum atomic E-state index is 11.9. The van der Waals surface area contributed by atoms with Crippen LogP contribution in [0.3, 0.4) is 0 Å². The number of rotatable bonds is 5. The van der Waals surface area contributed by atoms with Crippen LogP contribution in [-0.2, 0) is 24.2 Å². The molecule has 0 aliphatic carbocycles. The third-order valence-electron chi connectivity index (χ3n) is 2.73. The molecule has 3 N–H and O–H groups in total. The maximum Gasteiger partial charge on any atom is 0.320 e. The zero-order chi connectivity index (χ0) is 16.2. The first-order valence-corrected chi connectivity index (χ1v) is 7.91. The van der Waals surface area contributed by atoms with Crippen molar-refractivity contribution in [1.82, 2.24) is 0 Å². The van der Waals surface area contributed by atoms with Crippen molar-refractivity contribution >= 4 is 44.7 Å². The van der Waals surface area contributed by atoms with Crippen molar-refractivity contribution in [2.45, 2.75) is 12.2 Å². The summed E-state index contributed by atoms with van der Waals surface area (Å²) < 4.78 is 28.0. The van der Waals surface area contributed by atoms with Gasteiger partial charge in [-0.15, -0.1) is 0 Å². The monoisotopic (exact) mass is 334 g/mol. The second-order valence-corrected chi connectivity index (χ2v) is 7.00. The summed E-state index contributed by atoms with van der Waals surface area (Å²) in [7, 11) is -2.90. The van der Waals surface area contributed by atoms with Crippen LogP contribution in [0.4, 0.5) is 11.4 Å². The molecule has 7 nitrogen and oxygen atoms in total. The zero-order valence-corrected chi connectivity index (χ0v) is 13.0. The molecule has 1 rings (SSSR count).